The molecule has 0 amide bonds. The summed E-state index contributed by atoms with van der Waals surface area (Å²) in [5.41, 5.74) is 6.28. The first-order valence-corrected chi connectivity index (χ1v) is 4.16. The zero-order chi connectivity index (χ0) is 8.53. The summed E-state index contributed by atoms with van der Waals surface area (Å²) < 4.78 is 0. The van der Waals surface area contributed by atoms with E-state index in [0.29, 0.717) is 13.2 Å². The molecule has 0 aliphatic rings. The Morgan fingerprint density at radius 2 is 2.27 bits per heavy atom. The third-order valence-corrected chi connectivity index (χ3v) is 1.32. The van der Waals surface area contributed by atoms with Crippen molar-refractivity contribution in [2.45, 2.75) is 33.1 Å². The van der Waals surface area contributed by atoms with Gasteiger partial charge in [0.15, 0.2) is 0 Å². The molecule has 2 N–H and O–H groups in total. The topological polar surface area (TPSA) is 47.6 Å². The van der Waals surface area contributed by atoms with E-state index in [1.54, 1.807) is 0 Å². The van der Waals surface area contributed by atoms with Crippen LogP contribution in [0.2, 0.25) is 0 Å². The minimum absolute atomic E-state index is 0.517. The van der Waals surface area contributed by atoms with Crippen molar-refractivity contribution in [3.63, 3.8) is 0 Å². The first-order chi connectivity index (χ1) is 5.31. The Hall–Kier alpha value is -0.570. The first-order valence-electron chi connectivity index (χ1n) is 4.16. The van der Waals surface area contributed by atoms with Gasteiger partial charge in [-0.2, -0.15) is 0 Å². The molecule has 0 aromatic rings. The quantitative estimate of drug-likeness (QED) is 0.362. The van der Waals surface area contributed by atoms with Gasteiger partial charge in [-0.05, 0) is 19.8 Å². The van der Waals surface area contributed by atoms with Gasteiger partial charge in [0.05, 0.1) is 5.71 Å². The molecular weight excluding hydrogens is 140 g/mol. The Morgan fingerprint density at radius 1 is 1.55 bits per heavy atom. The normalized spacial score (nSPS) is 11.7. The Labute approximate surface area is 68.6 Å². The molecule has 0 unspecified atom stereocenters. The van der Waals surface area contributed by atoms with E-state index < -0.39 is 0 Å². The average molecular weight is 158 g/mol. The highest BCUT2D eigenvalue weighted by Gasteiger charge is 1.90. The van der Waals surface area contributed by atoms with Crippen LogP contribution in [-0.4, -0.2) is 18.9 Å². The Kier molecular flexibility index (Phi) is 7.15. The van der Waals surface area contributed by atoms with Gasteiger partial charge in [0.2, 0.25) is 0 Å². The van der Waals surface area contributed by atoms with Crippen molar-refractivity contribution >= 4 is 5.71 Å². The lowest BCUT2D eigenvalue weighted by Gasteiger charge is -1.98. The summed E-state index contributed by atoms with van der Waals surface area (Å²) >= 11 is 0. The van der Waals surface area contributed by atoms with Crippen molar-refractivity contribution in [3.8, 4) is 0 Å². The molecule has 0 bridgehead atoms. The molecule has 0 rings (SSSR count). The minimum Gasteiger partial charge on any atom is -0.395 e. The minimum atomic E-state index is 0.517. The predicted molar refractivity (Wildman–Crippen MR) is 47.6 cm³/mol. The van der Waals surface area contributed by atoms with E-state index in [-0.39, 0.29) is 0 Å². The number of oxime groups is 1. The molecule has 11 heavy (non-hydrogen) atoms. The van der Waals surface area contributed by atoms with Crippen LogP contribution in [0.5, 0.6) is 0 Å². The number of nitrogens with two attached hydrogens (primary N) is 1. The van der Waals surface area contributed by atoms with Gasteiger partial charge in [0.25, 0.3) is 0 Å². The Bertz CT molecular complexity index is 113. The van der Waals surface area contributed by atoms with Crippen LogP contribution in [-0.2, 0) is 4.84 Å². The van der Waals surface area contributed by atoms with E-state index in [4.69, 9.17) is 10.6 Å². The third kappa shape index (κ3) is 7.33. The second-order valence-electron chi connectivity index (χ2n) is 2.55. The maximum Gasteiger partial charge on any atom is 0.129 e. The van der Waals surface area contributed by atoms with Crippen molar-refractivity contribution in [2.24, 2.45) is 10.9 Å². The highest BCUT2D eigenvalue weighted by molar-refractivity contribution is 5.81. The number of unbranched alkanes of at least 4 members (excludes halogenated alkanes) is 1. The average Bonchev–Trinajstić information content (AvgIpc) is 2.01. The zero-order valence-corrected chi connectivity index (χ0v) is 7.47. The monoisotopic (exact) mass is 158 g/mol. The maximum atomic E-state index is 5.22. The smallest absolute Gasteiger partial charge is 0.129 e. The van der Waals surface area contributed by atoms with E-state index in [1.807, 2.05) is 6.92 Å². The molecule has 0 spiro atoms. The summed E-state index contributed by atoms with van der Waals surface area (Å²) in [5, 5.41) is 3.89. The predicted octanol–water partition coefficient (Wildman–Crippen LogP) is 1.53. The van der Waals surface area contributed by atoms with Crippen LogP contribution in [0.3, 0.4) is 0 Å². The van der Waals surface area contributed by atoms with Crippen LogP contribution in [0.25, 0.3) is 0 Å². The highest BCUT2D eigenvalue weighted by atomic mass is 16.6. The van der Waals surface area contributed by atoms with Gasteiger partial charge in [-0.3, -0.25) is 0 Å². The molecule has 66 valence electrons. The van der Waals surface area contributed by atoms with Gasteiger partial charge >= 0.3 is 0 Å². The van der Waals surface area contributed by atoms with Crippen LogP contribution in [0, 0.1) is 0 Å². The molecule has 0 aliphatic carbocycles. The molecule has 0 aromatic carbocycles. The fourth-order valence-corrected chi connectivity index (χ4v) is 0.687. The lowest BCUT2D eigenvalue weighted by Crippen LogP contribution is -2.06. The summed E-state index contributed by atoms with van der Waals surface area (Å²) in [5.74, 6) is 0. The Morgan fingerprint density at radius 3 is 2.82 bits per heavy atom. The van der Waals surface area contributed by atoms with E-state index in [1.165, 1.54) is 12.8 Å². The van der Waals surface area contributed by atoms with Crippen molar-refractivity contribution in [3.05, 3.63) is 0 Å². The van der Waals surface area contributed by atoms with Crippen LogP contribution >= 0.6 is 0 Å². The molecule has 0 fully saturated rings. The summed E-state index contributed by atoms with van der Waals surface area (Å²) in [7, 11) is 0. The maximum absolute atomic E-state index is 5.22. The van der Waals surface area contributed by atoms with E-state index in [9.17, 15) is 0 Å². The lowest BCUT2D eigenvalue weighted by atomic mass is 10.2. The molecule has 0 saturated carbocycles. The lowest BCUT2D eigenvalue weighted by molar-refractivity contribution is 0.151. The molecule has 0 aromatic heterocycles. The van der Waals surface area contributed by atoms with E-state index in [2.05, 4.69) is 12.1 Å². The van der Waals surface area contributed by atoms with Crippen LogP contribution in [0.4, 0.5) is 0 Å². The summed E-state index contributed by atoms with van der Waals surface area (Å²) in [4.78, 5) is 4.90. The standard InChI is InChI=1S/C8H18N2O/c1-3-4-5-8(2)10-11-7-6-9/h3-7,9H2,1-2H3. The fourth-order valence-electron chi connectivity index (χ4n) is 0.687. The van der Waals surface area contributed by atoms with Crippen LogP contribution in [0.1, 0.15) is 33.1 Å². The highest BCUT2D eigenvalue weighted by Crippen LogP contribution is 1.96. The number of hydrogen-bond acceptors (Lipinski definition) is 3. The van der Waals surface area contributed by atoms with E-state index >= 15 is 0 Å². The van der Waals surface area contributed by atoms with Crippen LogP contribution in [0.15, 0.2) is 5.16 Å². The fraction of sp³-hybridized carbons (Fsp3) is 0.875. The summed E-state index contributed by atoms with van der Waals surface area (Å²) in [6.07, 6.45) is 3.41. The summed E-state index contributed by atoms with van der Waals surface area (Å²) in [6.45, 7) is 5.19. The Balaban J connectivity index is 3.30. The molecule has 3 heteroatoms. The van der Waals surface area contributed by atoms with E-state index in [0.717, 1.165) is 12.1 Å². The third-order valence-electron chi connectivity index (χ3n) is 1.32. The summed E-state index contributed by atoms with van der Waals surface area (Å²) in [6, 6.07) is 0. The molecule has 3 nitrogen and oxygen atoms in total. The van der Waals surface area contributed by atoms with Gasteiger partial charge in [0, 0.05) is 6.54 Å². The molecular formula is C8H18N2O. The van der Waals surface area contributed by atoms with Crippen molar-refractivity contribution in [1.82, 2.24) is 0 Å². The second-order valence-corrected chi connectivity index (χ2v) is 2.55. The molecule has 0 saturated heterocycles. The number of rotatable bonds is 6. The first kappa shape index (κ1) is 10.4. The molecule has 0 radical (unpaired) electrons. The van der Waals surface area contributed by atoms with Gasteiger partial charge in [-0.1, -0.05) is 18.5 Å². The molecule has 0 atom stereocenters. The van der Waals surface area contributed by atoms with Crippen molar-refractivity contribution < 1.29 is 4.84 Å². The molecule has 0 heterocycles. The van der Waals surface area contributed by atoms with Gasteiger partial charge in [-0.25, -0.2) is 0 Å². The van der Waals surface area contributed by atoms with Gasteiger partial charge in [-0.15, -0.1) is 0 Å². The number of hydrogen-bond donors (Lipinski definition) is 1. The van der Waals surface area contributed by atoms with Crippen molar-refractivity contribution in [1.29, 1.82) is 0 Å². The van der Waals surface area contributed by atoms with Gasteiger partial charge < -0.3 is 10.6 Å². The van der Waals surface area contributed by atoms with Crippen molar-refractivity contribution in [2.75, 3.05) is 13.2 Å². The molecule has 0 aliphatic heterocycles. The zero-order valence-electron chi connectivity index (χ0n) is 7.47. The SMILES string of the molecule is CCCCC(C)=NOCCN. The largest absolute Gasteiger partial charge is 0.395 e. The van der Waals surface area contributed by atoms with Gasteiger partial charge in [0.1, 0.15) is 6.61 Å². The van der Waals surface area contributed by atoms with Crippen LogP contribution < -0.4 is 5.73 Å². The second kappa shape index (κ2) is 7.54. The number of nitrogens with zero attached hydrogens (tertiary/aromatic N) is 1.